The summed E-state index contributed by atoms with van der Waals surface area (Å²) in [5.41, 5.74) is 0.0515. The van der Waals surface area contributed by atoms with Crippen LogP contribution in [0.3, 0.4) is 0 Å². The van der Waals surface area contributed by atoms with E-state index in [1.165, 1.54) is 0 Å². The second-order valence-corrected chi connectivity index (χ2v) is 6.47. The van der Waals surface area contributed by atoms with Gasteiger partial charge in [-0.2, -0.15) is 5.10 Å². The molecule has 0 N–H and O–H groups in total. The molecule has 0 radical (unpaired) electrons. The maximum atomic E-state index is 12.6. The topological polar surface area (TPSA) is 83.2 Å². The van der Waals surface area contributed by atoms with Gasteiger partial charge in [0.25, 0.3) is 5.56 Å². The fourth-order valence-corrected chi connectivity index (χ4v) is 2.83. The van der Waals surface area contributed by atoms with Gasteiger partial charge < -0.3 is 4.74 Å². The first kappa shape index (κ1) is 18.9. The van der Waals surface area contributed by atoms with Crippen molar-refractivity contribution >= 4 is 21.7 Å². The van der Waals surface area contributed by atoms with E-state index in [1.54, 1.807) is 30.3 Å². The lowest BCUT2D eigenvalue weighted by Crippen LogP contribution is -2.43. The fourth-order valence-electron chi connectivity index (χ4n) is 2.43. The smallest absolute Gasteiger partial charge is 0.349 e. The molecule has 0 spiro atoms. The normalized spacial score (nSPS) is 10.7. The lowest BCUT2D eigenvalue weighted by atomic mass is 10.1. The highest BCUT2D eigenvalue weighted by Gasteiger charge is 2.15. The van der Waals surface area contributed by atoms with Crippen LogP contribution >= 0.6 is 15.9 Å². The highest BCUT2D eigenvalue weighted by molar-refractivity contribution is 9.10. The van der Waals surface area contributed by atoms with Gasteiger partial charge in [0.2, 0.25) is 0 Å². The molecule has 0 fully saturated rings. The molecule has 27 heavy (non-hydrogen) atoms. The largest absolute Gasteiger partial charge is 0.356 e. The molecule has 0 amide bonds. The zero-order chi connectivity index (χ0) is 19.2. The van der Waals surface area contributed by atoms with Crippen LogP contribution in [-0.4, -0.2) is 20.1 Å². The Morgan fingerprint density at radius 3 is 2.30 bits per heavy atom. The van der Waals surface area contributed by atoms with Gasteiger partial charge in [0, 0.05) is 5.56 Å². The first-order valence-electron chi connectivity index (χ1n) is 8.13. The van der Waals surface area contributed by atoms with Gasteiger partial charge in [0.05, 0.1) is 6.61 Å². The fraction of sp³-hybridized carbons (Fsp3) is 0.158. The van der Waals surface area contributed by atoms with E-state index in [-0.39, 0.29) is 30.3 Å². The summed E-state index contributed by atoms with van der Waals surface area (Å²) in [6.07, 6.45) is 0. The van der Waals surface area contributed by atoms with Gasteiger partial charge in [-0.05, 0) is 21.5 Å². The summed E-state index contributed by atoms with van der Waals surface area (Å²) in [5.74, 6) is -0.285. The number of rotatable bonds is 7. The van der Waals surface area contributed by atoms with E-state index in [0.29, 0.717) is 5.56 Å². The number of nitrogens with zero attached hydrogens (tertiary/aromatic N) is 3. The Balaban J connectivity index is 1.79. The van der Waals surface area contributed by atoms with Gasteiger partial charge in [-0.15, -0.1) is 0 Å². The molecule has 1 heterocycles. The second kappa shape index (κ2) is 8.70. The van der Waals surface area contributed by atoms with Gasteiger partial charge in [-0.25, -0.2) is 14.0 Å². The molecule has 3 rings (SSSR count). The molecule has 138 valence electrons. The lowest BCUT2D eigenvalue weighted by molar-refractivity contribution is 0.0566. The van der Waals surface area contributed by atoms with Crippen LogP contribution in [0.1, 0.15) is 15.9 Å². The molecule has 0 bridgehead atoms. The third kappa shape index (κ3) is 4.66. The first-order chi connectivity index (χ1) is 13.1. The molecule has 1 aromatic heterocycles. The average molecular weight is 430 g/mol. The van der Waals surface area contributed by atoms with E-state index in [2.05, 4.69) is 21.0 Å². The highest BCUT2D eigenvalue weighted by atomic mass is 79.9. The van der Waals surface area contributed by atoms with Crippen molar-refractivity contribution in [3.05, 3.63) is 97.2 Å². The van der Waals surface area contributed by atoms with Crippen LogP contribution in [0.2, 0.25) is 0 Å². The van der Waals surface area contributed by atoms with Crippen molar-refractivity contribution in [1.82, 2.24) is 14.3 Å². The average Bonchev–Trinajstić information content (AvgIpc) is 2.70. The number of hydrogen-bond acceptors (Lipinski definition) is 5. The van der Waals surface area contributed by atoms with Crippen molar-refractivity contribution < 1.29 is 9.53 Å². The lowest BCUT2D eigenvalue weighted by Gasteiger charge is -2.10. The third-order valence-corrected chi connectivity index (χ3v) is 4.30. The summed E-state index contributed by atoms with van der Waals surface area (Å²) in [6, 6.07) is 18.0. The molecule has 2 aromatic carbocycles. The minimum absolute atomic E-state index is 0.0636. The van der Waals surface area contributed by atoms with Crippen molar-refractivity contribution in [2.45, 2.75) is 19.9 Å². The molecule has 0 atom stereocenters. The van der Waals surface area contributed by atoms with Crippen LogP contribution < -0.4 is 11.2 Å². The Bertz CT molecular complexity index is 1050. The molecular weight excluding hydrogens is 414 g/mol. The van der Waals surface area contributed by atoms with E-state index in [1.807, 2.05) is 30.3 Å². The number of halogens is 1. The van der Waals surface area contributed by atoms with Crippen LogP contribution in [0, 0.1) is 0 Å². The van der Waals surface area contributed by atoms with Gasteiger partial charge in [-0.1, -0.05) is 60.7 Å². The highest BCUT2D eigenvalue weighted by Crippen LogP contribution is 2.03. The van der Waals surface area contributed by atoms with Crippen molar-refractivity contribution in [2.24, 2.45) is 0 Å². The number of aromatic nitrogens is 3. The number of benzene rings is 2. The summed E-state index contributed by atoms with van der Waals surface area (Å²) in [4.78, 5) is 37.1. The molecular formula is C19H16BrN3O4. The third-order valence-electron chi connectivity index (χ3n) is 3.80. The Kier molecular flexibility index (Phi) is 6.10. The van der Waals surface area contributed by atoms with E-state index < -0.39 is 11.2 Å². The molecule has 0 aliphatic heterocycles. The Morgan fingerprint density at radius 2 is 1.63 bits per heavy atom. The van der Waals surface area contributed by atoms with Crippen LogP contribution in [0.25, 0.3) is 0 Å². The zero-order valence-corrected chi connectivity index (χ0v) is 15.8. The number of ketones is 1. The quantitative estimate of drug-likeness (QED) is 0.537. The first-order valence-corrected chi connectivity index (χ1v) is 8.93. The van der Waals surface area contributed by atoms with Crippen LogP contribution in [0.15, 0.2) is 74.9 Å². The van der Waals surface area contributed by atoms with Crippen molar-refractivity contribution in [3.63, 3.8) is 0 Å². The molecule has 0 saturated heterocycles. The molecule has 0 aliphatic rings. The molecule has 8 heteroatoms. The number of hydrogen-bond donors (Lipinski definition) is 0. The zero-order valence-electron chi connectivity index (χ0n) is 14.2. The van der Waals surface area contributed by atoms with Gasteiger partial charge in [0.1, 0.15) is 13.3 Å². The number of Topliss-reactive ketones (excluding diaryl/α,β-unsaturated/α-hetero) is 1. The summed E-state index contributed by atoms with van der Waals surface area (Å²) in [6.45, 7) is -0.275. The van der Waals surface area contributed by atoms with Gasteiger partial charge >= 0.3 is 5.69 Å². The SMILES string of the molecule is O=C(Cn1nc(Br)c(=O)n(COCc2ccccc2)c1=O)c1ccccc1. The summed E-state index contributed by atoms with van der Waals surface area (Å²) in [7, 11) is 0. The predicted octanol–water partition coefficient (Wildman–Crippen LogP) is 2.22. The number of ether oxygens (including phenoxy) is 1. The summed E-state index contributed by atoms with van der Waals surface area (Å²) < 4.78 is 7.27. The van der Waals surface area contributed by atoms with Crippen molar-refractivity contribution in [1.29, 1.82) is 0 Å². The maximum Gasteiger partial charge on any atom is 0.349 e. The van der Waals surface area contributed by atoms with Crippen LogP contribution in [0.5, 0.6) is 0 Å². The van der Waals surface area contributed by atoms with Crippen molar-refractivity contribution in [3.8, 4) is 0 Å². The van der Waals surface area contributed by atoms with Crippen LogP contribution in [-0.2, 0) is 24.6 Å². The number of carbonyl (C=O) groups excluding carboxylic acids is 1. The maximum absolute atomic E-state index is 12.6. The predicted molar refractivity (Wildman–Crippen MR) is 102 cm³/mol. The molecule has 0 aliphatic carbocycles. The van der Waals surface area contributed by atoms with Gasteiger partial charge in [0.15, 0.2) is 10.4 Å². The van der Waals surface area contributed by atoms with Gasteiger partial charge in [-0.3, -0.25) is 9.59 Å². The van der Waals surface area contributed by atoms with E-state index in [9.17, 15) is 14.4 Å². The number of carbonyl (C=O) groups is 1. The van der Waals surface area contributed by atoms with Crippen LogP contribution in [0.4, 0.5) is 0 Å². The Morgan fingerprint density at radius 1 is 1.00 bits per heavy atom. The molecule has 3 aromatic rings. The molecule has 0 saturated carbocycles. The summed E-state index contributed by atoms with van der Waals surface area (Å²) in [5, 5.41) is 3.88. The summed E-state index contributed by atoms with van der Waals surface area (Å²) >= 11 is 3.04. The molecule has 0 unspecified atom stereocenters. The Labute approximate surface area is 163 Å². The minimum Gasteiger partial charge on any atom is -0.356 e. The monoisotopic (exact) mass is 429 g/mol. The van der Waals surface area contributed by atoms with E-state index >= 15 is 0 Å². The van der Waals surface area contributed by atoms with E-state index in [0.717, 1.165) is 14.8 Å². The minimum atomic E-state index is -0.708. The van der Waals surface area contributed by atoms with Crippen molar-refractivity contribution in [2.75, 3.05) is 0 Å². The molecule has 7 nitrogen and oxygen atoms in total. The Hall–Kier alpha value is -2.84. The standard InChI is InChI=1S/C19H16BrN3O4/c20-17-18(25)22(13-27-12-14-7-3-1-4-8-14)19(26)23(21-17)11-16(24)15-9-5-2-6-10-15/h1-10H,11-13H2. The second-order valence-electron chi connectivity index (χ2n) is 5.72. The van der Waals surface area contributed by atoms with E-state index in [4.69, 9.17) is 4.74 Å².